The van der Waals surface area contributed by atoms with Gasteiger partial charge in [0.15, 0.2) is 0 Å². The first kappa shape index (κ1) is 27.8. The smallest absolute Gasteiger partial charge is 0.240 e. The lowest BCUT2D eigenvalue weighted by Gasteiger charge is -2.35. The van der Waals surface area contributed by atoms with Crippen molar-refractivity contribution < 1.29 is 9.22 Å². The number of amides is 1. The molecule has 0 bridgehead atoms. The predicted octanol–water partition coefficient (Wildman–Crippen LogP) is 6.30. The molecule has 0 aromatic heterocycles. The highest BCUT2D eigenvalue weighted by Gasteiger charge is 2.30. The highest BCUT2D eigenvalue weighted by Crippen LogP contribution is 2.34. The number of carbonyl (C=O) groups excluding carboxylic acids is 1. The molecule has 1 aliphatic rings. The Bertz CT molecular complexity index is 1470. The Morgan fingerprint density at radius 3 is 2.10 bits per heavy atom. The Morgan fingerprint density at radius 2 is 1.50 bits per heavy atom. The highest BCUT2D eigenvalue weighted by atomic mass is 28.3. The van der Waals surface area contributed by atoms with Crippen LogP contribution >= 0.6 is 0 Å². The SMILES string of the molecule is CC(=O)N1c2ccccc2C(=Nc2ccc(C(C)(C)C)cc2CO[SiH](c2ccccc2)c2ccccc2)CC1C. The molecule has 1 aliphatic heterocycles. The molecule has 40 heavy (non-hydrogen) atoms. The van der Waals surface area contributed by atoms with Crippen LogP contribution in [0.4, 0.5) is 11.4 Å². The molecule has 4 aromatic rings. The van der Waals surface area contributed by atoms with E-state index in [1.54, 1.807) is 6.92 Å². The van der Waals surface area contributed by atoms with Gasteiger partial charge in [0, 0.05) is 30.5 Å². The molecule has 4 nitrogen and oxygen atoms in total. The number of hydrogen-bond acceptors (Lipinski definition) is 3. The molecule has 0 saturated heterocycles. The third-order valence-corrected chi connectivity index (χ3v) is 10.0. The summed E-state index contributed by atoms with van der Waals surface area (Å²) in [5.74, 6) is 0.0560. The van der Waals surface area contributed by atoms with Gasteiger partial charge in [-0.25, -0.2) is 0 Å². The van der Waals surface area contributed by atoms with Crippen molar-refractivity contribution in [3.63, 3.8) is 0 Å². The molecule has 5 heteroatoms. The van der Waals surface area contributed by atoms with Gasteiger partial charge in [0.2, 0.25) is 14.9 Å². The molecular weight excluding hydrogens is 508 g/mol. The van der Waals surface area contributed by atoms with Gasteiger partial charge in [-0.2, -0.15) is 0 Å². The average Bonchev–Trinajstić information content (AvgIpc) is 2.94. The highest BCUT2D eigenvalue weighted by molar-refractivity contribution is 6.80. The molecule has 1 unspecified atom stereocenters. The van der Waals surface area contributed by atoms with E-state index >= 15 is 0 Å². The average molecular weight is 547 g/mol. The third-order valence-electron chi connectivity index (χ3n) is 7.55. The second-order valence-corrected chi connectivity index (χ2v) is 14.1. The fourth-order valence-electron chi connectivity index (χ4n) is 5.47. The topological polar surface area (TPSA) is 41.9 Å². The van der Waals surface area contributed by atoms with Crippen molar-refractivity contribution in [2.75, 3.05) is 4.90 Å². The second kappa shape index (κ2) is 11.7. The first-order valence-corrected chi connectivity index (χ1v) is 15.7. The van der Waals surface area contributed by atoms with Crippen LogP contribution in [0.2, 0.25) is 0 Å². The van der Waals surface area contributed by atoms with Gasteiger partial charge in [-0.3, -0.25) is 9.79 Å². The van der Waals surface area contributed by atoms with Gasteiger partial charge in [0.05, 0.1) is 23.7 Å². The summed E-state index contributed by atoms with van der Waals surface area (Å²) in [5, 5.41) is 2.51. The van der Waals surface area contributed by atoms with Crippen LogP contribution in [0, 0.1) is 0 Å². The zero-order valence-electron chi connectivity index (χ0n) is 24.1. The van der Waals surface area contributed by atoms with Crippen LogP contribution in [-0.4, -0.2) is 26.7 Å². The van der Waals surface area contributed by atoms with E-state index in [4.69, 9.17) is 9.42 Å². The Kier molecular flexibility index (Phi) is 8.15. The maximum atomic E-state index is 12.5. The van der Waals surface area contributed by atoms with E-state index in [1.807, 2.05) is 23.1 Å². The summed E-state index contributed by atoms with van der Waals surface area (Å²) < 4.78 is 6.85. The number of carbonyl (C=O) groups is 1. The fourth-order valence-corrected chi connectivity index (χ4v) is 7.73. The van der Waals surface area contributed by atoms with Gasteiger partial charge in [0.1, 0.15) is 0 Å². The van der Waals surface area contributed by atoms with Crippen molar-refractivity contribution in [1.82, 2.24) is 0 Å². The van der Waals surface area contributed by atoms with E-state index in [2.05, 4.69) is 113 Å². The minimum Gasteiger partial charge on any atom is -0.407 e. The van der Waals surface area contributed by atoms with E-state index < -0.39 is 9.04 Å². The largest absolute Gasteiger partial charge is 0.407 e. The van der Waals surface area contributed by atoms with E-state index in [9.17, 15) is 4.79 Å². The lowest BCUT2D eigenvalue weighted by molar-refractivity contribution is -0.117. The zero-order valence-corrected chi connectivity index (χ0v) is 25.2. The summed E-state index contributed by atoms with van der Waals surface area (Å²) in [5.41, 5.74) is 6.22. The molecule has 1 atom stereocenters. The second-order valence-electron chi connectivity index (χ2n) is 11.6. The van der Waals surface area contributed by atoms with Crippen molar-refractivity contribution in [2.45, 2.75) is 59.1 Å². The lowest BCUT2D eigenvalue weighted by Crippen LogP contribution is -2.44. The number of nitrogens with zero attached hydrogens (tertiary/aromatic N) is 2. The zero-order chi connectivity index (χ0) is 28.3. The van der Waals surface area contributed by atoms with Gasteiger partial charge in [0.25, 0.3) is 0 Å². The number of para-hydroxylation sites is 1. The number of benzene rings is 4. The van der Waals surface area contributed by atoms with Crippen LogP contribution < -0.4 is 15.3 Å². The molecule has 0 radical (unpaired) electrons. The Balaban J connectivity index is 1.55. The molecule has 5 rings (SSSR count). The number of hydrogen-bond donors (Lipinski definition) is 0. The molecule has 204 valence electrons. The van der Waals surface area contributed by atoms with Crippen molar-refractivity contribution in [3.05, 3.63) is 120 Å². The maximum Gasteiger partial charge on any atom is 0.240 e. The summed E-state index contributed by atoms with van der Waals surface area (Å²) in [7, 11) is -1.92. The van der Waals surface area contributed by atoms with Gasteiger partial charge < -0.3 is 9.33 Å². The standard InChI is InChI=1S/C35H38N2O2Si/c1-25-22-33(31-18-12-13-19-34(31)37(25)26(2)38)36-32-21-20-28(35(3,4)5)23-27(32)24-39-40(29-14-8-6-9-15-29)30-16-10-7-11-17-30/h6-21,23,25,40H,22,24H2,1-5H3. The van der Waals surface area contributed by atoms with Crippen LogP contribution in [0.25, 0.3) is 0 Å². The lowest BCUT2D eigenvalue weighted by atomic mass is 9.86. The monoisotopic (exact) mass is 546 g/mol. The Morgan fingerprint density at radius 1 is 0.900 bits per heavy atom. The van der Waals surface area contributed by atoms with Crippen LogP contribution in [-0.2, 0) is 21.2 Å². The quantitative estimate of drug-likeness (QED) is 0.266. The Hall–Kier alpha value is -3.80. The molecule has 4 aromatic carbocycles. The van der Waals surface area contributed by atoms with Crippen LogP contribution in [0.15, 0.2) is 108 Å². The maximum absolute atomic E-state index is 12.5. The number of aliphatic imine (C=N–C) groups is 1. The molecule has 0 saturated carbocycles. The summed E-state index contributed by atoms with van der Waals surface area (Å²) in [6.45, 7) is 10.9. The molecule has 1 heterocycles. The van der Waals surface area contributed by atoms with Gasteiger partial charge in [-0.05, 0) is 40.4 Å². The van der Waals surface area contributed by atoms with Crippen molar-refractivity contribution >= 4 is 42.4 Å². The minimum absolute atomic E-state index is 0.00402. The molecule has 0 spiro atoms. The van der Waals surface area contributed by atoms with E-state index in [1.165, 1.54) is 15.9 Å². The van der Waals surface area contributed by atoms with Crippen LogP contribution in [0.3, 0.4) is 0 Å². The summed E-state index contributed by atoms with van der Waals surface area (Å²) in [6.07, 6.45) is 0.698. The third kappa shape index (κ3) is 6.01. The molecule has 0 fully saturated rings. The van der Waals surface area contributed by atoms with Crippen molar-refractivity contribution in [2.24, 2.45) is 4.99 Å². The van der Waals surface area contributed by atoms with Crippen molar-refractivity contribution in [1.29, 1.82) is 0 Å². The summed E-state index contributed by atoms with van der Waals surface area (Å²) >= 11 is 0. The predicted molar refractivity (Wildman–Crippen MR) is 169 cm³/mol. The van der Waals surface area contributed by atoms with Crippen LogP contribution in [0.1, 0.15) is 57.7 Å². The normalized spacial score (nSPS) is 16.3. The number of rotatable bonds is 6. The van der Waals surface area contributed by atoms with E-state index in [-0.39, 0.29) is 17.4 Å². The number of anilines is 1. The fraction of sp³-hybridized carbons (Fsp3) is 0.257. The first-order valence-electron chi connectivity index (χ1n) is 14.0. The van der Waals surface area contributed by atoms with E-state index in [0.717, 1.165) is 28.2 Å². The number of fused-ring (bicyclic) bond motifs is 1. The summed E-state index contributed by atoms with van der Waals surface area (Å²) in [4.78, 5) is 19.6. The van der Waals surface area contributed by atoms with Gasteiger partial charge >= 0.3 is 0 Å². The molecule has 0 N–H and O–H groups in total. The molecular formula is C35H38N2O2Si. The van der Waals surface area contributed by atoms with E-state index in [0.29, 0.717) is 13.0 Å². The van der Waals surface area contributed by atoms with Crippen molar-refractivity contribution in [3.8, 4) is 0 Å². The summed E-state index contributed by atoms with van der Waals surface area (Å²) in [6, 6.07) is 35.9. The molecule has 0 aliphatic carbocycles. The van der Waals surface area contributed by atoms with Gasteiger partial charge in [-0.15, -0.1) is 0 Å². The van der Waals surface area contributed by atoms with Crippen LogP contribution in [0.5, 0.6) is 0 Å². The Labute approximate surface area is 240 Å². The first-order chi connectivity index (χ1) is 19.2. The molecule has 1 amide bonds. The minimum atomic E-state index is -1.92. The van der Waals surface area contributed by atoms with Gasteiger partial charge in [-0.1, -0.05) is 112 Å².